The zero-order chi connectivity index (χ0) is 12.3. The van der Waals surface area contributed by atoms with Gasteiger partial charge in [0.05, 0.1) is 5.69 Å². The smallest absolute Gasteiger partial charge is 0.301 e. The van der Waals surface area contributed by atoms with Crippen molar-refractivity contribution in [3.05, 3.63) is 47.3 Å². The molecular weight excluding hydrogens is 284 g/mol. The summed E-state index contributed by atoms with van der Waals surface area (Å²) in [6.07, 6.45) is 1.49. The maximum atomic E-state index is 11.8. The van der Waals surface area contributed by atoms with E-state index in [1.807, 2.05) is 12.1 Å². The molecule has 0 saturated carbocycles. The van der Waals surface area contributed by atoms with Crippen molar-refractivity contribution in [1.29, 1.82) is 0 Å². The van der Waals surface area contributed by atoms with Gasteiger partial charge in [0.15, 0.2) is 0 Å². The van der Waals surface area contributed by atoms with Crippen LogP contribution in [0.25, 0.3) is 0 Å². The Labute approximate surface area is 107 Å². The lowest BCUT2D eigenvalue weighted by Crippen LogP contribution is -2.12. The SMILES string of the molecule is Cc1coc(NC(=O)c2ccc(CBr)cc2)n1. The van der Waals surface area contributed by atoms with Crippen molar-refractivity contribution in [1.82, 2.24) is 4.98 Å². The van der Waals surface area contributed by atoms with Crippen molar-refractivity contribution in [2.45, 2.75) is 12.3 Å². The van der Waals surface area contributed by atoms with Gasteiger partial charge in [-0.05, 0) is 24.6 Å². The third kappa shape index (κ3) is 2.94. The van der Waals surface area contributed by atoms with E-state index < -0.39 is 0 Å². The molecule has 0 spiro atoms. The topological polar surface area (TPSA) is 55.1 Å². The number of nitrogens with zero attached hydrogens (tertiary/aromatic N) is 1. The molecule has 1 N–H and O–H groups in total. The largest absolute Gasteiger partial charge is 0.432 e. The molecule has 0 unspecified atom stereocenters. The molecular formula is C12H11BrN2O2. The van der Waals surface area contributed by atoms with Gasteiger partial charge in [-0.1, -0.05) is 28.1 Å². The van der Waals surface area contributed by atoms with E-state index in [0.717, 1.165) is 16.6 Å². The normalized spacial score (nSPS) is 10.2. The highest BCUT2D eigenvalue weighted by atomic mass is 79.9. The summed E-state index contributed by atoms with van der Waals surface area (Å²) >= 11 is 3.35. The molecule has 2 aromatic rings. The van der Waals surface area contributed by atoms with Crippen LogP contribution in [0.3, 0.4) is 0 Å². The Balaban J connectivity index is 2.09. The van der Waals surface area contributed by atoms with Crippen molar-refractivity contribution in [3.63, 3.8) is 0 Å². The summed E-state index contributed by atoms with van der Waals surface area (Å²) in [6, 6.07) is 7.54. The van der Waals surface area contributed by atoms with Gasteiger partial charge in [0.2, 0.25) is 0 Å². The lowest BCUT2D eigenvalue weighted by atomic mass is 10.1. The van der Waals surface area contributed by atoms with E-state index in [0.29, 0.717) is 5.56 Å². The summed E-state index contributed by atoms with van der Waals surface area (Å²) in [5, 5.41) is 3.36. The molecule has 0 atom stereocenters. The minimum Gasteiger partial charge on any atom is -0.432 e. The van der Waals surface area contributed by atoms with Crippen LogP contribution in [0.5, 0.6) is 0 Å². The fourth-order valence-corrected chi connectivity index (χ4v) is 1.70. The first-order valence-corrected chi connectivity index (χ1v) is 6.19. The number of halogens is 1. The van der Waals surface area contributed by atoms with Crippen LogP contribution >= 0.6 is 15.9 Å². The second kappa shape index (κ2) is 5.14. The first-order valence-electron chi connectivity index (χ1n) is 5.07. The van der Waals surface area contributed by atoms with Gasteiger partial charge >= 0.3 is 6.01 Å². The van der Waals surface area contributed by atoms with E-state index in [1.54, 1.807) is 19.1 Å². The number of hydrogen-bond acceptors (Lipinski definition) is 3. The van der Waals surface area contributed by atoms with Crippen molar-refractivity contribution in [3.8, 4) is 0 Å². The van der Waals surface area contributed by atoms with Crippen molar-refractivity contribution in [2.24, 2.45) is 0 Å². The average Bonchev–Trinajstić information content (AvgIpc) is 2.75. The molecule has 0 aliphatic heterocycles. The molecule has 88 valence electrons. The Kier molecular flexibility index (Phi) is 3.58. The van der Waals surface area contributed by atoms with Gasteiger partial charge in [-0.25, -0.2) is 0 Å². The van der Waals surface area contributed by atoms with E-state index in [1.165, 1.54) is 6.26 Å². The molecule has 0 aliphatic rings. The number of benzene rings is 1. The minimum absolute atomic E-state index is 0.220. The monoisotopic (exact) mass is 294 g/mol. The summed E-state index contributed by atoms with van der Waals surface area (Å²) in [5.41, 5.74) is 2.43. The Morgan fingerprint density at radius 1 is 1.41 bits per heavy atom. The molecule has 0 bridgehead atoms. The molecule has 1 heterocycles. The summed E-state index contributed by atoms with van der Waals surface area (Å²) in [6.45, 7) is 1.80. The maximum Gasteiger partial charge on any atom is 0.301 e. The van der Waals surface area contributed by atoms with E-state index in [2.05, 4.69) is 26.2 Å². The van der Waals surface area contributed by atoms with Gasteiger partial charge in [0, 0.05) is 10.9 Å². The van der Waals surface area contributed by atoms with Crippen LogP contribution < -0.4 is 5.32 Å². The Hall–Kier alpha value is -1.62. The standard InChI is InChI=1S/C12H11BrN2O2/c1-8-7-17-12(14-8)15-11(16)10-4-2-9(6-13)3-5-10/h2-5,7H,6H2,1H3,(H,14,15,16). The molecule has 0 aliphatic carbocycles. The maximum absolute atomic E-state index is 11.8. The molecule has 5 heteroatoms. The van der Waals surface area contributed by atoms with Gasteiger partial charge in [-0.3, -0.25) is 10.1 Å². The Morgan fingerprint density at radius 3 is 2.65 bits per heavy atom. The van der Waals surface area contributed by atoms with Crippen LogP contribution in [0, 0.1) is 6.92 Å². The Morgan fingerprint density at radius 2 is 2.12 bits per heavy atom. The van der Waals surface area contributed by atoms with Gasteiger partial charge in [-0.15, -0.1) is 0 Å². The fourth-order valence-electron chi connectivity index (χ4n) is 1.33. The zero-order valence-corrected chi connectivity index (χ0v) is 10.8. The van der Waals surface area contributed by atoms with Crippen molar-refractivity contribution >= 4 is 27.9 Å². The number of carbonyl (C=O) groups is 1. The number of alkyl halides is 1. The molecule has 0 saturated heterocycles. The average molecular weight is 295 g/mol. The predicted molar refractivity (Wildman–Crippen MR) is 68.3 cm³/mol. The molecule has 1 aromatic carbocycles. The number of anilines is 1. The molecule has 2 rings (SSSR count). The quantitative estimate of drug-likeness (QED) is 0.885. The number of carbonyl (C=O) groups excluding carboxylic acids is 1. The van der Waals surface area contributed by atoms with Crippen molar-refractivity contribution < 1.29 is 9.21 Å². The van der Waals surface area contributed by atoms with Crippen LogP contribution in [0.4, 0.5) is 6.01 Å². The van der Waals surface area contributed by atoms with Crippen LogP contribution in [0.2, 0.25) is 0 Å². The highest BCUT2D eigenvalue weighted by molar-refractivity contribution is 9.08. The summed E-state index contributed by atoms with van der Waals surface area (Å²) in [5.74, 6) is -0.229. The summed E-state index contributed by atoms with van der Waals surface area (Å²) < 4.78 is 5.05. The van der Waals surface area contributed by atoms with E-state index in [9.17, 15) is 4.79 Å². The van der Waals surface area contributed by atoms with Crippen LogP contribution in [-0.4, -0.2) is 10.9 Å². The lowest BCUT2D eigenvalue weighted by Gasteiger charge is -2.01. The second-order valence-electron chi connectivity index (χ2n) is 3.58. The van der Waals surface area contributed by atoms with E-state index in [4.69, 9.17) is 4.42 Å². The number of oxazole rings is 1. The molecule has 17 heavy (non-hydrogen) atoms. The number of rotatable bonds is 3. The van der Waals surface area contributed by atoms with Gasteiger partial charge in [0.1, 0.15) is 6.26 Å². The lowest BCUT2D eigenvalue weighted by molar-refractivity contribution is 0.102. The van der Waals surface area contributed by atoms with E-state index >= 15 is 0 Å². The zero-order valence-electron chi connectivity index (χ0n) is 9.24. The van der Waals surface area contributed by atoms with Crippen molar-refractivity contribution in [2.75, 3.05) is 5.32 Å². The highest BCUT2D eigenvalue weighted by Gasteiger charge is 2.08. The number of aromatic nitrogens is 1. The first-order chi connectivity index (χ1) is 8.19. The third-order valence-corrected chi connectivity index (χ3v) is 2.86. The van der Waals surface area contributed by atoms with Crippen LogP contribution in [-0.2, 0) is 5.33 Å². The first kappa shape index (κ1) is 11.9. The van der Waals surface area contributed by atoms with Gasteiger partial charge in [-0.2, -0.15) is 4.98 Å². The number of hydrogen-bond donors (Lipinski definition) is 1. The number of aryl methyl sites for hydroxylation is 1. The molecule has 0 fully saturated rings. The van der Waals surface area contributed by atoms with Crippen LogP contribution in [0.1, 0.15) is 21.6 Å². The van der Waals surface area contributed by atoms with E-state index in [-0.39, 0.29) is 11.9 Å². The van der Waals surface area contributed by atoms with Gasteiger partial charge in [0.25, 0.3) is 5.91 Å². The Bertz CT molecular complexity index is 520. The number of amides is 1. The highest BCUT2D eigenvalue weighted by Crippen LogP contribution is 2.11. The fraction of sp³-hybridized carbons (Fsp3) is 0.167. The minimum atomic E-state index is -0.229. The third-order valence-electron chi connectivity index (χ3n) is 2.21. The van der Waals surface area contributed by atoms with Gasteiger partial charge < -0.3 is 4.42 Å². The summed E-state index contributed by atoms with van der Waals surface area (Å²) in [7, 11) is 0. The van der Waals surface area contributed by atoms with Crippen LogP contribution in [0.15, 0.2) is 34.9 Å². The molecule has 4 nitrogen and oxygen atoms in total. The number of nitrogens with one attached hydrogen (secondary N) is 1. The second-order valence-corrected chi connectivity index (χ2v) is 4.14. The summed E-state index contributed by atoms with van der Waals surface area (Å²) in [4.78, 5) is 15.8. The molecule has 0 radical (unpaired) electrons. The molecule has 1 aromatic heterocycles. The predicted octanol–water partition coefficient (Wildman–Crippen LogP) is 3.13. The molecule has 1 amide bonds.